The van der Waals surface area contributed by atoms with Gasteiger partial charge >= 0.3 is 5.97 Å². The fraction of sp³-hybridized carbons (Fsp3) is 0.333. The Labute approximate surface area is 98.2 Å². The molecule has 0 saturated carbocycles. The molecule has 0 bridgehead atoms. The molecule has 1 aromatic heterocycles. The summed E-state index contributed by atoms with van der Waals surface area (Å²) in [5, 5.41) is 2.72. The smallest absolute Gasteiger partial charge is 0.325 e. The van der Waals surface area contributed by atoms with E-state index in [1.165, 1.54) is 7.11 Å². The zero-order valence-electron chi connectivity index (χ0n) is 8.98. The number of hydrogen-bond donors (Lipinski definition) is 2. The average Bonchev–Trinajstić information content (AvgIpc) is 2.25. The van der Waals surface area contributed by atoms with Crippen LogP contribution in [0.2, 0.25) is 0 Å². The third-order valence-electron chi connectivity index (χ3n) is 1.73. The van der Waals surface area contributed by atoms with Crippen LogP contribution < -0.4 is 11.1 Å². The van der Waals surface area contributed by atoms with Gasteiger partial charge in [0.15, 0.2) is 0 Å². The molecule has 1 aromatic rings. The van der Waals surface area contributed by atoms with Crippen molar-refractivity contribution in [3.8, 4) is 0 Å². The summed E-state index contributed by atoms with van der Waals surface area (Å²) < 4.78 is 4.47. The van der Waals surface area contributed by atoms with Crippen molar-refractivity contribution in [3.05, 3.63) is 17.5 Å². The number of aryl methyl sites for hydroxylation is 1. The number of thiocarbonyl (C=S) groups is 1. The number of methoxy groups -OCH3 is 1. The number of esters is 1. The molecule has 0 fully saturated rings. The second kappa shape index (κ2) is 5.36. The minimum Gasteiger partial charge on any atom is -0.468 e. The highest BCUT2D eigenvalue weighted by molar-refractivity contribution is 7.80. The Morgan fingerprint density at radius 3 is 2.88 bits per heavy atom. The van der Waals surface area contributed by atoms with Gasteiger partial charge in [0, 0.05) is 5.69 Å². The fourth-order valence-corrected chi connectivity index (χ4v) is 1.10. The number of ether oxygens (including phenoxy) is 1. The van der Waals surface area contributed by atoms with Crippen molar-refractivity contribution in [2.75, 3.05) is 19.0 Å². The maximum Gasteiger partial charge on any atom is 0.325 e. The van der Waals surface area contributed by atoms with Crippen LogP contribution in [-0.4, -0.2) is 34.6 Å². The largest absolute Gasteiger partial charge is 0.468 e. The van der Waals surface area contributed by atoms with Gasteiger partial charge in [-0.15, -0.1) is 0 Å². The summed E-state index contributed by atoms with van der Waals surface area (Å²) in [7, 11) is 1.31. The number of rotatable bonds is 4. The van der Waals surface area contributed by atoms with E-state index in [0.717, 1.165) is 0 Å². The second-order valence-electron chi connectivity index (χ2n) is 3.01. The van der Waals surface area contributed by atoms with E-state index >= 15 is 0 Å². The first-order valence-electron chi connectivity index (χ1n) is 4.49. The maximum absolute atomic E-state index is 10.9. The molecule has 86 valence electrons. The van der Waals surface area contributed by atoms with Crippen molar-refractivity contribution in [2.45, 2.75) is 6.92 Å². The molecule has 6 nitrogen and oxygen atoms in total. The molecule has 1 heterocycles. The molecule has 0 amide bonds. The SMILES string of the molecule is COC(=O)CNc1nc(C)cc(C(N)=S)n1. The molecular weight excluding hydrogens is 228 g/mol. The monoisotopic (exact) mass is 240 g/mol. The van der Waals surface area contributed by atoms with Gasteiger partial charge in [-0.05, 0) is 13.0 Å². The maximum atomic E-state index is 10.9. The van der Waals surface area contributed by atoms with Gasteiger partial charge in [0.2, 0.25) is 5.95 Å². The van der Waals surface area contributed by atoms with E-state index in [1.807, 2.05) is 0 Å². The van der Waals surface area contributed by atoms with E-state index in [9.17, 15) is 4.79 Å². The molecule has 7 heteroatoms. The summed E-state index contributed by atoms with van der Waals surface area (Å²) in [6, 6.07) is 1.67. The lowest BCUT2D eigenvalue weighted by Gasteiger charge is -2.06. The van der Waals surface area contributed by atoms with Crippen LogP contribution in [0.25, 0.3) is 0 Å². The van der Waals surface area contributed by atoms with Crippen LogP contribution in [-0.2, 0) is 9.53 Å². The molecule has 0 aromatic carbocycles. The van der Waals surface area contributed by atoms with Gasteiger partial charge in [0.1, 0.15) is 17.2 Å². The summed E-state index contributed by atoms with van der Waals surface area (Å²) in [5.41, 5.74) is 6.64. The van der Waals surface area contributed by atoms with Gasteiger partial charge in [-0.2, -0.15) is 0 Å². The highest BCUT2D eigenvalue weighted by Gasteiger charge is 2.06. The molecule has 0 aliphatic heterocycles. The normalized spacial score (nSPS) is 9.62. The van der Waals surface area contributed by atoms with Crippen LogP contribution in [0.1, 0.15) is 11.4 Å². The summed E-state index contributed by atoms with van der Waals surface area (Å²) >= 11 is 4.81. The van der Waals surface area contributed by atoms with Crippen LogP contribution in [0.5, 0.6) is 0 Å². The highest BCUT2D eigenvalue weighted by atomic mass is 32.1. The van der Waals surface area contributed by atoms with E-state index in [0.29, 0.717) is 17.3 Å². The van der Waals surface area contributed by atoms with Crippen LogP contribution >= 0.6 is 12.2 Å². The molecule has 0 aliphatic carbocycles. The van der Waals surface area contributed by atoms with Crippen molar-refractivity contribution in [1.29, 1.82) is 0 Å². The van der Waals surface area contributed by atoms with Crippen molar-refractivity contribution in [3.63, 3.8) is 0 Å². The second-order valence-corrected chi connectivity index (χ2v) is 3.45. The van der Waals surface area contributed by atoms with Gasteiger partial charge in [0.25, 0.3) is 0 Å². The van der Waals surface area contributed by atoms with E-state index in [1.54, 1.807) is 13.0 Å². The lowest BCUT2D eigenvalue weighted by molar-refractivity contribution is -0.138. The first-order chi connectivity index (χ1) is 7.52. The molecule has 1 rings (SSSR count). The average molecular weight is 240 g/mol. The first-order valence-corrected chi connectivity index (χ1v) is 4.90. The van der Waals surface area contributed by atoms with Gasteiger partial charge in [0.05, 0.1) is 7.11 Å². The fourth-order valence-electron chi connectivity index (χ4n) is 0.997. The number of carbonyl (C=O) groups is 1. The zero-order valence-corrected chi connectivity index (χ0v) is 9.80. The third kappa shape index (κ3) is 3.43. The first kappa shape index (κ1) is 12.3. The van der Waals surface area contributed by atoms with Crippen LogP contribution in [0.4, 0.5) is 5.95 Å². The Balaban J connectivity index is 2.80. The van der Waals surface area contributed by atoms with E-state index in [-0.39, 0.29) is 11.5 Å². The molecule has 0 aliphatic rings. The van der Waals surface area contributed by atoms with Crippen molar-refractivity contribution >= 4 is 29.1 Å². The van der Waals surface area contributed by atoms with Gasteiger partial charge in [-0.1, -0.05) is 12.2 Å². The minimum atomic E-state index is -0.401. The van der Waals surface area contributed by atoms with Gasteiger partial charge in [-0.3, -0.25) is 4.79 Å². The summed E-state index contributed by atoms with van der Waals surface area (Å²) in [6.45, 7) is 1.78. The predicted octanol–water partition coefficient (Wildman–Crippen LogP) is 0.00412. The molecule has 0 unspecified atom stereocenters. The van der Waals surface area contributed by atoms with Crippen LogP contribution in [0.3, 0.4) is 0 Å². The van der Waals surface area contributed by atoms with Crippen molar-refractivity contribution in [1.82, 2.24) is 9.97 Å². The molecular formula is C9H12N4O2S. The van der Waals surface area contributed by atoms with E-state index in [4.69, 9.17) is 18.0 Å². The Morgan fingerprint density at radius 1 is 1.62 bits per heavy atom. The Morgan fingerprint density at radius 2 is 2.31 bits per heavy atom. The van der Waals surface area contributed by atoms with Gasteiger partial charge in [-0.25, -0.2) is 9.97 Å². The molecule has 0 atom stereocenters. The number of hydrogen-bond acceptors (Lipinski definition) is 6. The number of anilines is 1. The summed E-state index contributed by atoms with van der Waals surface area (Å²) in [5.74, 6) is -0.102. The zero-order chi connectivity index (χ0) is 12.1. The summed E-state index contributed by atoms with van der Waals surface area (Å²) in [4.78, 5) is 19.2. The van der Waals surface area contributed by atoms with E-state index < -0.39 is 5.97 Å². The Bertz CT molecular complexity index is 422. The predicted molar refractivity (Wildman–Crippen MR) is 63.2 cm³/mol. The molecule has 0 radical (unpaired) electrons. The third-order valence-corrected chi connectivity index (χ3v) is 1.93. The molecule has 0 spiro atoms. The Hall–Kier alpha value is -1.76. The Kier molecular flexibility index (Phi) is 4.12. The molecule has 3 N–H and O–H groups in total. The topological polar surface area (TPSA) is 90.1 Å². The number of nitrogens with two attached hydrogens (primary N) is 1. The highest BCUT2D eigenvalue weighted by Crippen LogP contribution is 2.04. The lowest BCUT2D eigenvalue weighted by Crippen LogP contribution is -2.19. The van der Waals surface area contributed by atoms with Crippen molar-refractivity contribution in [2.24, 2.45) is 5.73 Å². The number of carbonyl (C=O) groups excluding carboxylic acids is 1. The lowest BCUT2D eigenvalue weighted by atomic mass is 10.3. The quantitative estimate of drug-likeness (QED) is 0.565. The summed E-state index contributed by atoms with van der Waals surface area (Å²) in [6.07, 6.45) is 0. The number of nitrogens with zero attached hydrogens (tertiary/aromatic N) is 2. The molecule has 0 saturated heterocycles. The van der Waals surface area contributed by atoms with Crippen LogP contribution in [0, 0.1) is 6.92 Å². The molecule has 16 heavy (non-hydrogen) atoms. The number of nitrogens with one attached hydrogen (secondary N) is 1. The van der Waals surface area contributed by atoms with Crippen molar-refractivity contribution < 1.29 is 9.53 Å². The number of aromatic nitrogens is 2. The van der Waals surface area contributed by atoms with Crippen LogP contribution in [0.15, 0.2) is 6.07 Å². The minimum absolute atomic E-state index is 0.00325. The van der Waals surface area contributed by atoms with E-state index in [2.05, 4.69) is 20.0 Å². The standard InChI is InChI=1S/C9H12N4O2S/c1-5-3-6(8(10)16)13-9(12-5)11-4-7(14)15-2/h3H,4H2,1-2H3,(H2,10,16)(H,11,12,13). The van der Waals surface area contributed by atoms with Gasteiger partial charge < -0.3 is 15.8 Å².